The van der Waals surface area contributed by atoms with Crippen molar-refractivity contribution in [3.63, 3.8) is 0 Å². The molecule has 3 rings (SSSR count). The average Bonchev–Trinajstić information content (AvgIpc) is 3.20. The maximum Gasteiger partial charge on any atom is 0.261 e. The Morgan fingerprint density at radius 3 is 2.73 bits per heavy atom. The van der Waals surface area contributed by atoms with Crippen molar-refractivity contribution in [3.05, 3.63) is 52.5 Å². The summed E-state index contributed by atoms with van der Waals surface area (Å²) in [6.07, 6.45) is 1.59. The van der Waals surface area contributed by atoms with Crippen LogP contribution in [-0.4, -0.2) is 34.9 Å². The minimum absolute atomic E-state index is 0.122. The summed E-state index contributed by atoms with van der Waals surface area (Å²) in [5.74, 6) is -0.301. The fourth-order valence-corrected chi connectivity index (χ4v) is 2.67. The summed E-state index contributed by atoms with van der Waals surface area (Å²) in [6, 6.07) is 8.86. The molecule has 0 atom stereocenters. The minimum atomic E-state index is -0.179. The van der Waals surface area contributed by atoms with Gasteiger partial charge in [0.15, 0.2) is 0 Å². The molecule has 0 aliphatic rings. The molecule has 7 heteroatoms. The van der Waals surface area contributed by atoms with Gasteiger partial charge in [0.1, 0.15) is 0 Å². The number of H-pyrrole nitrogens is 1. The number of hydrogen-bond acceptors (Lipinski definition) is 4. The van der Waals surface area contributed by atoms with Gasteiger partial charge >= 0.3 is 0 Å². The van der Waals surface area contributed by atoms with Crippen LogP contribution in [0.3, 0.4) is 0 Å². The number of carbonyl (C=O) groups excluding carboxylic acids is 2. The molecule has 2 amide bonds. The molecule has 0 unspecified atom stereocenters. The Bertz CT molecular complexity index is 795. The number of rotatable bonds is 5. The van der Waals surface area contributed by atoms with Gasteiger partial charge in [-0.05, 0) is 29.6 Å². The van der Waals surface area contributed by atoms with E-state index >= 15 is 0 Å². The molecule has 3 N–H and O–H groups in total. The van der Waals surface area contributed by atoms with Crippen LogP contribution < -0.4 is 10.6 Å². The monoisotopic (exact) mass is 314 g/mol. The summed E-state index contributed by atoms with van der Waals surface area (Å²) in [6.45, 7) is 0.756. The normalized spacial score (nSPS) is 10.5. The highest BCUT2D eigenvalue weighted by atomic mass is 32.1. The Hall–Kier alpha value is -2.67. The second-order valence-electron chi connectivity index (χ2n) is 4.62. The van der Waals surface area contributed by atoms with Crippen molar-refractivity contribution in [2.75, 3.05) is 13.1 Å². The summed E-state index contributed by atoms with van der Waals surface area (Å²) in [5.41, 5.74) is 2.19. The van der Waals surface area contributed by atoms with Crippen LogP contribution >= 0.6 is 11.3 Å². The molecule has 6 nitrogen and oxygen atoms in total. The highest BCUT2D eigenvalue weighted by Gasteiger charge is 2.08. The molecule has 0 bridgehead atoms. The van der Waals surface area contributed by atoms with E-state index in [1.807, 2.05) is 11.4 Å². The second kappa shape index (κ2) is 6.40. The molecule has 0 spiro atoms. The summed E-state index contributed by atoms with van der Waals surface area (Å²) >= 11 is 1.39. The number of carbonyl (C=O) groups is 2. The fraction of sp³-hybridized carbons (Fsp3) is 0.133. The highest BCUT2D eigenvalue weighted by molar-refractivity contribution is 7.12. The van der Waals surface area contributed by atoms with E-state index in [0.717, 1.165) is 11.0 Å². The Morgan fingerprint density at radius 2 is 1.95 bits per heavy atom. The molecule has 0 fully saturated rings. The number of aromatic nitrogens is 2. The van der Waals surface area contributed by atoms with E-state index in [-0.39, 0.29) is 11.8 Å². The number of amides is 2. The van der Waals surface area contributed by atoms with Gasteiger partial charge in [0.2, 0.25) is 0 Å². The van der Waals surface area contributed by atoms with E-state index in [1.54, 1.807) is 30.6 Å². The fourth-order valence-electron chi connectivity index (χ4n) is 2.03. The lowest BCUT2D eigenvalue weighted by Crippen LogP contribution is -2.34. The topological polar surface area (TPSA) is 86.9 Å². The molecule has 0 aliphatic heterocycles. The molecule has 0 aliphatic carbocycles. The smallest absolute Gasteiger partial charge is 0.261 e. The minimum Gasteiger partial charge on any atom is -0.350 e. The zero-order valence-electron chi connectivity index (χ0n) is 11.6. The van der Waals surface area contributed by atoms with Gasteiger partial charge in [-0.3, -0.25) is 9.59 Å². The molecule has 1 aromatic carbocycles. The molecule has 22 heavy (non-hydrogen) atoms. The second-order valence-corrected chi connectivity index (χ2v) is 5.57. The summed E-state index contributed by atoms with van der Waals surface area (Å²) in [5, 5.41) is 7.38. The van der Waals surface area contributed by atoms with Crippen molar-refractivity contribution in [3.8, 4) is 0 Å². The van der Waals surface area contributed by atoms with Crippen molar-refractivity contribution in [1.82, 2.24) is 20.6 Å². The van der Waals surface area contributed by atoms with Crippen molar-refractivity contribution in [2.45, 2.75) is 0 Å². The third-order valence-electron chi connectivity index (χ3n) is 3.12. The number of fused-ring (bicyclic) bond motifs is 1. The highest BCUT2D eigenvalue weighted by Crippen LogP contribution is 2.11. The zero-order chi connectivity index (χ0) is 15.4. The maximum atomic E-state index is 12.0. The van der Waals surface area contributed by atoms with E-state index in [1.165, 1.54) is 11.3 Å². The third kappa shape index (κ3) is 3.15. The van der Waals surface area contributed by atoms with Crippen LogP contribution in [-0.2, 0) is 0 Å². The average molecular weight is 314 g/mol. The van der Waals surface area contributed by atoms with Crippen LogP contribution in [0.4, 0.5) is 0 Å². The first-order valence-corrected chi connectivity index (χ1v) is 7.65. The van der Waals surface area contributed by atoms with E-state index in [2.05, 4.69) is 20.6 Å². The van der Waals surface area contributed by atoms with E-state index in [0.29, 0.717) is 23.5 Å². The van der Waals surface area contributed by atoms with Gasteiger partial charge < -0.3 is 15.6 Å². The van der Waals surface area contributed by atoms with E-state index in [9.17, 15) is 9.59 Å². The van der Waals surface area contributed by atoms with Crippen LogP contribution in [0.1, 0.15) is 20.0 Å². The summed E-state index contributed by atoms with van der Waals surface area (Å²) in [4.78, 5) is 31.5. The van der Waals surface area contributed by atoms with Gasteiger partial charge in [-0.15, -0.1) is 11.3 Å². The van der Waals surface area contributed by atoms with Crippen LogP contribution in [0.2, 0.25) is 0 Å². The quantitative estimate of drug-likeness (QED) is 0.627. The van der Waals surface area contributed by atoms with Crippen molar-refractivity contribution < 1.29 is 9.59 Å². The number of nitrogens with zero attached hydrogens (tertiary/aromatic N) is 1. The van der Waals surface area contributed by atoms with Crippen LogP contribution in [0.25, 0.3) is 11.0 Å². The first kappa shape index (κ1) is 14.3. The van der Waals surface area contributed by atoms with Crippen molar-refractivity contribution in [2.24, 2.45) is 0 Å². The molecule has 112 valence electrons. The molecule has 0 saturated carbocycles. The molecule has 0 saturated heterocycles. The Morgan fingerprint density at radius 1 is 1.14 bits per heavy atom. The summed E-state index contributed by atoms with van der Waals surface area (Å²) in [7, 11) is 0. The molecule has 2 aromatic heterocycles. The molecule has 3 aromatic rings. The van der Waals surface area contributed by atoms with Crippen LogP contribution in [0, 0.1) is 0 Å². The Kier molecular flexibility index (Phi) is 4.15. The largest absolute Gasteiger partial charge is 0.350 e. The summed E-state index contributed by atoms with van der Waals surface area (Å²) < 4.78 is 0. The van der Waals surface area contributed by atoms with Gasteiger partial charge in [-0.25, -0.2) is 4.98 Å². The van der Waals surface area contributed by atoms with Gasteiger partial charge in [-0.1, -0.05) is 6.07 Å². The zero-order valence-corrected chi connectivity index (χ0v) is 12.4. The molecular weight excluding hydrogens is 300 g/mol. The number of imidazole rings is 1. The third-order valence-corrected chi connectivity index (χ3v) is 3.99. The predicted molar refractivity (Wildman–Crippen MR) is 85.1 cm³/mol. The predicted octanol–water partition coefficient (Wildman–Crippen LogP) is 1.78. The van der Waals surface area contributed by atoms with Crippen molar-refractivity contribution >= 4 is 34.2 Å². The molecule has 2 heterocycles. The molecule has 0 radical (unpaired) electrons. The van der Waals surface area contributed by atoms with Crippen LogP contribution in [0.15, 0.2) is 42.0 Å². The number of benzene rings is 1. The van der Waals surface area contributed by atoms with Gasteiger partial charge in [0, 0.05) is 18.7 Å². The standard InChI is InChI=1S/C15H14N4O2S/c20-14(10-3-4-11-12(8-10)19-9-18-11)16-5-6-17-15(21)13-2-1-7-22-13/h1-4,7-9H,5-6H2,(H,16,20)(H,17,21)(H,18,19). The Labute approximate surface area is 130 Å². The number of nitrogens with one attached hydrogen (secondary N) is 3. The lowest BCUT2D eigenvalue weighted by Gasteiger charge is -2.06. The lowest BCUT2D eigenvalue weighted by atomic mass is 10.2. The van der Waals surface area contributed by atoms with Gasteiger partial charge in [0.05, 0.1) is 22.2 Å². The number of hydrogen-bond donors (Lipinski definition) is 3. The maximum absolute atomic E-state index is 12.0. The van der Waals surface area contributed by atoms with Gasteiger partial charge in [-0.2, -0.15) is 0 Å². The van der Waals surface area contributed by atoms with Gasteiger partial charge in [0.25, 0.3) is 11.8 Å². The molecular formula is C15H14N4O2S. The van der Waals surface area contributed by atoms with Crippen molar-refractivity contribution in [1.29, 1.82) is 0 Å². The van der Waals surface area contributed by atoms with E-state index < -0.39 is 0 Å². The number of aromatic amines is 1. The first-order valence-electron chi connectivity index (χ1n) is 6.77. The number of thiophene rings is 1. The lowest BCUT2D eigenvalue weighted by molar-refractivity contribution is 0.0929. The first-order chi connectivity index (χ1) is 10.7. The van der Waals surface area contributed by atoms with Crippen LogP contribution in [0.5, 0.6) is 0 Å². The Balaban J connectivity index is 1.49. The SMILES string of the molecule is O=C(NCCNC(=O)c1cccs1)c1ccc2nc[nH]c2c1. The van der Waals surface area contributed by atoms with E-state index in [4.69, 9.17) is 0 Å².